The molecule has 0 aliphatic carbocycles. The summed E-state index contributed by atoms with van der Waals surface area (Å²) in [6.07, 6.45) is -0.262. The summed E-state index contributed by atoms with van der Waals surface area (Å²) in [6, 6.07) is 6.33. The Morgan fingerprint density at radius 3 is 2.58 bits per heavy atom. The van der Waals surface area contributed by atoms with Gasteiger partial charge in [-0.25, -0.2) is 17.2 Å². The highest BCUT2D eigenvalue weighted by molar-refractivity contribution is 7.91. The van der Waals surface area contributed by atoms with Crippen LogP contribution in [0.1, 0.15) is 16.8 Å². The van der Waals surface area contributed by atoms with Crippen molar-refractivity contribution < 1.29 is 26.8 Å². The van der Waals surface area contributed by atoms with Gasteiger partial charge in [0.15, 0.2) is 15.6 Å². The van der Waals surface area contributed by atoms with Crippen molar-refractivity contribution in [2.75, 3.05) is 11.1 Å². The molecule has 0 saturated carbocycles. The molecule has 2 aromatic rings. The lowest BCUT2D eigenvalue weighted by Gasteiger charge is -2.14. The number of amides is 1. The summed E-state index contributed by atoms with van der Waals surface area (Å²) >= 11 is 5.85. The van der Waals surface area contributed by atoms with Crippen molar-refractivity contribution in [2.24, 2.45) is 5.92 Å². The van der Waals surface area contributed by atoms with Crippen molar-refractivity contribution in [3.05, 3.63) is 58.6 Å². The fourth-order valence-corrected chi connectivity index (χ4v) is 4.44. The molecule has 136 valence electrons. The van der Waals surface area contributed by atoms with E-state index in [0.29, 0.717) is 6.07 Å². The van der Waals surface area contributed by atoms with Gasteiger partial charge >= 0.3 is 0 Å². The molecule has 0 bridgehead atoms. The largest absolute Gasteiger partial charge is 0.323 e. The van der Waals surface area contributed by atoms with Crippen molar-refractivity contribution in [3.8, 4) is 0 Å². The summed E-state index contributed by atoms with van der Waals surface area (Å²) in [5.41, 5.74) is -0.475. The van der Waals surface area contributed by atoms with Crippen LogP contribution in [0.4, 0.5) is 14.5 Å². The lowest BCUT2D eigenvalue weighted by molar-refractivity contribution is -0.118. The summed E-state index contributed by atoms with van der Waals surface area (Å²) in [7, 11) is -3.76. The SMILES string of the molecule is O=C(Nc1ccc(F)cc1F)C1CCS(=O)(=O)c2ccc(Cl)cc2C1=O. The minimum absolute atomic E-state index is 0.151. The van der Waals surface area contributed by atoms with Gasteiger partial charge in [0.2, 0.25) is 5.91 Å². The molecule has 26 heavy (non-hydrogen) atoms. The molecule has 1 N–H and O–H groups in total. The highest BCUT2D eigenvalue weighted by atomic mass is 35.5. The van der Waals surface area contributed by atoms with Crippen LogP contribution in [0.5, 0.6) is 0 Å². The van der Waals surface area contributed by atoms with E-state index >= 15 is 0 Å². The Morgan fingerprint density at radius 1 is 1.15 bits per heavy atom. The molecule has 0 spiro atoms. The lowest BCUT2D eigenvalue weighted by atomic mass is 9.94. The molecule has 1 aliphatic heterocycles. The Balaban J connectivity index is 1.96. The fraction of sp³-hybridized carbons (Fsp3) is 0.176. The minimum Gasteiger partial charge on any atom is -0.323 e. The second-order valence-corrected chi connectivity index (χ2v) is 8.29. The molecule has 5 nitrogen and oxygen atoms in total. The number of sulfone groups is 1. The predicted octanol–water partition coefficient (Wildman–Crippen LogP) is 3.23. The van der Waals surface area contributed by atoms with Crippen LogP contribution in [0.15, 0.2) is 41.3 Å². The van der Waals surface area contributed by atoms with Crippen molar-refractivity contribution >= 4 is 38.8 Å². The number of carbonyl (C=O) groups excluding carboxylic acids is 2. The van der Waals surface area contributed by atoms with Crippen molar-refractivity contribution in [1.29, 1.82) is 0 Å². The number of carbonyl (C=O) groups is 2. The van der Waals surface area contributed by atoms with E-state index in [1.54, 1.807) is 0 Å². The molecule has 1 aliphatic rings. The molecule has 2 aromatic carbocycles. The number of nitrogens with one attached hydrogen (secondary N) is 1. The molecule has 0 fully saturated rings. The van der Waals surface area contributed by atoms with E-state index in [2.05, 4.69) is 5.32 Å². The zero-order valence-electron chi connectivity index (χ0n) is 13.1. The summed E-state index contributed by atoms with van der Waals surface area (Å²) < 4.78 is 51.4. The molecule has 1 unspecified atom stereocenters. The topological polar surface area (TPSA) is 80.3 Å². The zero-order chi connectivity index (χ0) is 19.1. The quantitative estimate of drug-likeness (QED) is 0.786. The number of hydrogen-bond acceptors (Lipinski definition) is 4. The third-order valence-corrected chi connectivity index (χ3v) is 6.07. The Labute approximate surface area is 152 Å². The van der Waals surface area contributed by atoms with E-state index in [4.69, 9.17) is 11.6 Å². The smallest absolute Gasteiger partial charge is 0.235 e. The molecule has 0 aromatic heterocycles. The number of ketones is 1. The third-order valence-electron chi connectivity index (χ3n) is 4.04. The maximum Gasteiger partial charge on any atom is 0.235 e. The average molecular weight is 400 g/mol. The van der Waals surface area contributed by atoms with Crippen molar-refractivity contribution in [3.63, 3.8) is 0 Å². The molecule has 1 amide bonds. The van der Waals surface area contributed by atoms with Crippen LogP contribution in [0.2, 0.25) is 5.02 Å². The summed E-state index contributed by atoms with van der Waals surface area (Å²) in [4.78, 5) is 25.0. The standard InChI is InChI=1S/C17H12ClF2NO4S/c18-9-1-4-15-12(7-9)16(22)11(5-6-26(15,24)25)17(23)21-14-3-2-10(19)8-13(14)20/h1-4,7-8,11H,5-6H2,(H,21,23). The van der Waals surface area contributed by atoms with Crippen LogP contribution in [-0.4, -0.2) is 25.9 Å². The average Bonchev–Trinajstić information content (AvgIpc) is 2.65. The van der Waals surface area contributed by atoms with Crippen LogP contribution >= 0.6 is 11.6 Å². The van der Waals surface area contributed by atoms with E-state index in [0.717, 1.165) is 12.1 Å². The molecule has 0 radical (unpaired) electrons. The van der Waals surface area contributed by atoms with E-state index in [-0.39, 0.29) is 27.6 Å². The normalized spacial score (nSPS) is 18.7. The second-order valence-electron chi connectivity index (χ2n) is 5.78. The Kier molecular flexibility index (Phi) is 4.81. The van der Waals surface area contributed by atoms with Crippen LogP contribution in [-0.2, 0) is 14.6 Å². The van der Waals surface area contributed by atoms with Gasteiger partial charge in [-0.2, -0.15) is 0 Å². The van der Waals surface area contributed by atoms with E-state index in [9.17, 15) is 26.8 Å². The third kappa shape index (κ3) is 3.47. The van der Waals surface area contributed by atoms with Crippen LogP contribution in [0, 0.1) is 17.6 Å². The van der Waals surface area contributed by atoms with Gasteiger partial charge in [-0.05, 0) is 36.8 Å². The first-order chi connectivity index (χ1) is 12.2. The van der Waals surface area contributed by atoms with Crippen molar-refractivity contribution in [2.45, 2.75) is 11.3 Å². The van der Waals surface area contributed by atoms with Crippen LogP contribution in [0.3, 0.4) is 0 Å². The summed E-state index contributed by atoms with van der Waals surface area (Å²) in [5.74, 6) is -5.17. The number of halogens is 3. The van der Waals surface area contributed by atoms with Gasteiger partial charge in [-0.15, -0.1) is 0 Å². The maximum atomic E-state index is 13.7. The molecule has 1 atom stereocenters. The summed E-state index contributed by atoms with van der Waals surface area (Å²) in [6.45, 7) is 0. The van der Waals surface area contributed by atoms with E-state index < -0.39 is 44.8 Å². The fourth-order valence-electron chi connectivity index (χ4n) is 2.73. The van der Waals surface area contributed by atoms with E-state index in [1.165, 1.54) is 18.2 Å². The van der Waals surface area contributed by atoms with Crippen LogP contribution < -0.4 is 5.32 Å². The Morgan fingerprint density at radius 2 is 1.88 bits per heavy atom. The highest BCUT2D eigenvalue weighted by Gasteiger charge is 2.37. The number of rotatable bonds is 2. The van der Waals surface area contributed by atoms with E-state index in [1.807, 2.05) is 0 Å². The van der Waals surface area contributed by atoms with Gasteiger partial charge in [0.05, 0.1) is 16.3 Å². The molecular weight excluding hydrogens is 388 g/mol. The number of benzene rings is 2. The first-order valence-corrected chi connectivity index (χ1v) is 9.54. The molecular formula is C17H12ClF2NO4S. The monoisotopic (exact) mass is 399 g/mol. The molecule has 9 heteroatoms. The Bertz CT molecular complexity index is 1020. The summed E-state index contributed by atoms with van der Waals surface area (Å²) in [5, 5.41) is 2.36. The van der Waals surface area contributed by atoms with Gasteiger partial charge in [0.1, 0.15) is 17.6 Å². The minimum atomic E-state index is -3.76. The first-order valence-electron chi connectivity index (χ1n) is 7.51. The maximum absolute atomic E-state index is 13.7. The number of hydrogen-bond donors (Lipinski definition) is 1. The number of anilines is 1. The second kappa shape index (κ2) is 6.77. The first kappa shape index (κ1) is 18.5. The molecule has 0 saturated heterocycles. The zero-order valence-corrected chi connectivity index (χ0v) is 14.7. The van der Waals surface area contributed by atoms with Gasteiger partial charge in [0, 0.05) is 16.7 Å². The van der Waals surface area contributed by atoms with Gasteiger partial charge in [0.25, 0.3) is 0 Å². The molecule has 3 rings (SSSR count). The highest BCUT2D eigenvalue weighted by Crippen LogP contribution is 2.30. The lowest BCUT2D eigenvalue weighted by Crippen LogP contribution is -2.30. The molecule has 1 heterocycles. The number of Topliss-reactive ketones (excluding diaryl/α,β-unsaturated/α-hetero) is 1. The van der Waals surface area contributed by atoms with Gasteiger partial charge < -0.3 is 5.32 Å². The number of fused-ring (bicyclic) bond motifs is 1. The van der Waals surface area contributed by atoms with Crippen LogP contribution in [0.25, 0.3) is 0 Å². The van der Waals surface area contributed by atoms with Crippen molar-refractivity contribution in [1.82, 2.24) is 0 Å². The van der Waals surface area contributed by atoms with Gasteiger partial charge in [-0.3, -0.25) is 9.59 Å². The predicted molar refractivity (Wildman–Crippen MR) is 90.9 cm³/mol. The Hall–Kier alpha value is -2.32. The van der Waals surface area contributed by atoms with Gasteiger partial charge in [-0.1, -0.05) is 11.6 Å².